The molecule has 1 N–H and O–H groups in total. The molecule has 0 aliphatic heterocycles. The highest BCUT2D eigenvalue weighted by molar-refractivity contribution is 5.89. The van der Waals surface area contributed by atoms with Crippen LogP contribution < -0.4 is 0 Å². The number of nitrogens with zero attached hydrogens (tertiary/aromatic N) is 1. The van der Waals surface area contributed by atoms with E-state index < -0.39 is 5.97 Å². The van der Waals surface area contributed by atoms with Crippen LogP contribution in [-0.4, -0.2) is 16.1 Å². The van der Waals surface area contributed by atoms with E-state index in [1.54, 1.807) is 18.3 Å². The first-order chi connectivity index (χ1) is 8.59. The molecule has 1 aromatic heterocycles. The van der Waals surface area contributed by atoms with Crippen LogP contribution in [0, 0.1) is 6.92 Å². The molecule has 1 unspecified atom stereocenters. The number of aryl methyl sites for hydroxylation is 1. The zero-order chi connectivity index (χ0) is 13.1. The van der Waals surface area contributed by atoms with E-state index in [1.165, 1.54) is 5.56 Å². The molecular weight excluding hydrogens is 226 g/mol. The first-order valence-electron chi connectivity index (χ1n) is 5.84. The number of carboxylic acids is 1. The number of hydrogen-bond acceptors (Lipinski definition) is 2. The van der Waals surface area contributed by atoms with Gasteiger partial charge in [0.1, 0.15) is 0 Å². The fourth-order valence-electron chi connectivity index (χ4n) is 1.96. The van der Waals surface area contributed by atoms with Gasteiger partial charge in [0.2, 0.25) is 0 Å². The number of aromatic carboxylic acids is 1. The molecule has 1 aromatic carbocycles. The molecule has 1 atom stereocenters. The Labute approximate surface area is 106 Å². The average molecular weight is 241 g/mol. The zero-order valence-electron chi connectivity index (χ0n) is 10.4. The van der Waals surface area contributed by atoms with Gasteiger partial charge >= 0.3 is 5.97 Å². The van der Waals surface area contributed by atoms with E-state index in [1.807, 2.05) is 38.1 Å². The Bertz CT molecular complexity index is 561. The van der Waals surface area contributed by atoms with E-state index in [-0.39, 0.29) is 11.5 Å². The van der Waals surface area contributed by atoms with Gasteiger partial charge in [0.15, 0.2) is 0 Å². The summed E-state index contributed by atoms with van der Waals surface area (Å²) >= 11 is 0. The Morgan fingerprint density at radius 3 is 2.50 bits per heavy atom. The van der Waals surface area contributed by atoms with Gasteiger partial charge in [-0.2, -0.15) is 0 Å². The first kappa shape index (κ1) is 12.3. The molecule has 0 saturated carbocycles. The highest BCUT2D eigenvalue weighted by Gasteiger charge is 2.17. The van der Waals surface area contributed by atoms with E-state index in [0.717, 1.165) is 5.56 Å². The zero-order valence-corrected chi connectivity index (χ0v) is 10.4. The van der Waals surface area contributed by atoms with Gasteiger partial charge < -0.3 is 5.11 Å². The second-order valence-corrected chi connectivity index (χ2v) is 4.37. The molecule has 0 saturated heterocycles. The third kappa shape index (κ3) is 2.40. The number of carbonyl (C=O) groups is 1. The fourth-order valence-corrected chi connectivity index (χ4v) is 1.96. The monoisotopic (exact) mass is 241 g/mol. The van der Waals surface area contributed by atoms with Gasteiger partial charge in [-0.15, -0.1) is 0 Å². The summed E-state index contributed by atoms with van der Waals surface area (Å²) in [5.41, 5.74) is 3.13. The summed E-state index contributed by atoms with van der Waals surface area (Å²) in [7, 11) is 0. The molecule has 2 rings (SSSR count). The lowest BCUT2D eigenvalue weighted by Crippen LogP contribution is -2.08. The third-order valence-electron chi connectivity index (χ3n) is 3.06. The van der Waals surface area contributed by atoms with E-state index >= 15 is 0 Å². The highest BCUT2D eigenvalue weighted by atomic mass is 16.4. The number of rotatable bonds is 3. The number of aromatic nitrogens is 1. The van der Waals surface area contributed by atoms with Gasteiger partial charge in [0.25, 0.3) is 0 Å². The minimum atomic E-state index is -0.933. The highest BCUT2D eigenvalue weighted by Crippen LogP contribution is 2.25. The van der Waals surface area contributed by atoms with Gasteiger partial charge in [-0.05, 0) is 24.6 Å². The first-order valence-corrected chi connectivity index (χ1v) is 5.84. The Hall–Kier alpha value is -2.16. The number of benzene rings is 1. The fraction of sp³-hybridized carbons (Fsp3) is 0.200. The second-order valence-electron chi connectivity index (χ2n) is 4.37. The minimum Gasteiger partial charge on any atom is -0.478 e. The van der Waals surface area contributed by atoms with Crippen molar-refractivity contribution in [2.45, 2.75) is 19.8 Å². The van der Waals surface area contributed by atoms with Gasteiger partial charge in [-0.1, -0.05) is 36.8 Å². The Balaban J connectivity index is 2.42. The van der Waals surface area contributed by atoms with Crippen molar-refractivity contribution in [3.05, 3.63) is 65.0 Å². The summed E-state index contributed by atoms with van der Waals surface area (Å²) < 4.78 is 0. The maximum absolute atomic E-state index is 11.2. The Morgan fingerprint density at radius 2 is 1.89 bits per heavy atom. The van der Waals surface area contributed by atoms with Crippen molar-refractivity contribution in [2.24, 2.45) is 0 Å². The smallest absolute Gasteiger partial charge is 0.337 e. The maximum atomic E-state index is 11.2. The van der Waals surface area contributed by atoms with Crippen LogP contribution in [0.15, 0.2) is 42.6 Å². The second kappa shape index (κ2) is 5.00. The molecule has 92 valence electrons. The summed E-state index contributed by atoms with van der Waals surface area (Å²) in [4.78, 5) is 15.4. The molecular formula is C15H15NO2. The van der Waals surface area contributed by atoms with Crippen LogP contribution in [0.1, 0.15) is 40.0 Å². The van der Waals surface area contributed by atoms with E-state index in [0.29, 0.717) is 5.69 Å². The molecule has 0 radical (unpaired) electrons. The maximum Gasteiger partial charge on any atom is 0.337 e. The molecule has 3 nitrogen and oxygen atoms in total. The summed E-state index contributed by atoms with van der Waals surface area (Å²) in [6, 6.07) is 11.3. The molecule has 2 aromatic rings. The van der Waals surface area contributed by atoms with Gasteiger partial charge in [0.05, 0.1) is 11.3 Å². The summed E-state index contributed by atoms with van der Waals surface area (Å²) in [6.45, 7) is 4.00. The van der Waals surface area contributed by atoms with Crippen LogP contribution in [0.3, 0.4) is 0 Å². The molecule has 0 amide bonds. The molecule has 1 heterocycles. The van der Waals surface area contributed by atoms with Crippen LogP contribution >= 0.6 is 0 Å². The molecule has 0 spiro atoms. The SMILES string of the molecule is Cc1ccc(C(C)c2ncccc2C(=O)O)cc1. The lowest BCUT2D eigenvalue weighted by molar-refractivity contribution is 0.0695. The molecule has 0 aliphatic rings. The van der Waals surface area contributed by atoms with Gasteiger partial charge in [-0.25, -0.2) is 4.79 Å². The molecule has 0 aliphatic carbocycles. The van der Waals surface area contributed by atoms with Gasteiger partial charge in [-0.3, -0.25) is 4.98 Å². The molecule has 0 bridgehead atoms. The lowest BCUT2D eigenvalue weighted by Gasteiger charge is -2.13. The predicted molar refractivity (Wildman–Crippen MR) is 69.9 cm³/mol. The molecule has 3 heteroatoms. The van der Waals surface area contributed by atoms with Crippen LogP contribution in [0.5, 0.6) is 0 Å². The summed E-state index contributed by atoms with van der Waals surface area (Å²) in [5.74, 6) is -0.963. The standard InChI is InChI=1S/C15H15NO2/c1-10-5-7-12(8-6-10)11(2)14-13(15(17)18)4-3-9-16-14/h3-9,11H,1-2H3,(H,17,18). The largest absolute Gasteiger partial charge is 0.478 e. The van der Waals surface area contributed by atoms with Crippen LogP contribution in [0.2, 0.25) is 0 Å². The van der Waals surface area contributed by atoms with Crippen LogP contribution in [0.25, 0.3) is 0 Å². The predicted octanol–water partition coefficient (Wildman–Crippen LogP) is 3.24. The van der Waals surface area contributed by atoms with Crippen LogP contribution in [-0.2, 0) is 0 Å². The van der Waals surface area contributed by atoms with Crippen molar-refractivity contribution in [2.75, 3.05) is 0 Å². The summed E-state index contributed by atoms with van der Waals surface area (Å²) in [6.07, 6.45) is 1.63. The topological polar surface area (TPSA) is 50.2 Å². The Morgan fingerprint density at radius 1 is 1.22 bits per heavy atom. The number of pyridine rings is 1. The van der Waals surface area contributed by atoms with E-state index in [4.69, 9.17) is 5.11 Å². The van der Waals surface area contributed by atoms with E-state index in [9.17, 15) is 4.79 Å². The lowest BCUT2D eigenvalue weighted by atomic mass is 9.93. The molecule has 0 fully saturated rings. The molecule has 18 heavy (non-hydrogen) atoms. The van der Waals surface area contributed by atoms with Crippen LogP contribution in [0.4, 0.5) is 0 Å². The van der Waals surface area contributed by atoms with Crippen molar-refractivity contribution in [1.29, 1.82) is 0 Å². The van der Waals surface area contributed by atoms with Crippen molar-refractivity contribution in [3.8, 4) is 0 Å². The number of carboxylic acid groups (broad SMARTS) is 1. The quantitative estimate of drug-likeness (QED) is 0.897. The number of hydrogen-bond donors (Lipinski definition) is 1. The van der Waals surface area contributed by atoms with Crippen molar-refractivity contribution in [3.63, 3.8) is 0 Å². The minimum absolute atomic E-state index is 0.0297. The van der Waals surface area contributed by atoms with Gasteiger partial charge in [0, 0.05) is 12.1 Å². The third-order valence-corrected chi connectivity index (χ3v) is 3.06. The van der Waals surface area contributed by atoms with Crippen molar-refractivity contribution < 1.29 is 9.90 Å². The van der Waals surface area contributed by atoms with E-state index in [2.05, 4.69) is 4.98 Å². The van der Waals surface area contributed by atoms with Crippen molar-refractivity contribution >= 4 is 5.97 Å². The average Bonchev–Trinajstić information content (AvgIpc) is 2.39. The summed E-state index contributed by atoms with van der Waals surface area (Å²) in [5, 5.41) is 9.17. The van der Waals surface area contributed by atoms with Crippen molar-refractivity contribution in [1.82, 2.24) is 4.98 Å². The Kier molecular flexibility index (Phi) is 3.42. The normalized spacial score (nSPS) is 12.1.